The first-order valence-electron chi connectivity index (χ1n) is 18.3. The molecule has 4 aliphatic rings. The zero-order valence-electron chi connectivity index (χ0n) is 28.4. The van der Waals surface area contributed by atoms with Crippen LogP contribution >= 0.6 is 0 Å². The van der Waals surface area contributed by atoms with Gasteiger partial charge in [-0.25, -0.2) is 0 Å². The van der Waals surface area contributed by atoms with E-state index in [-0.39, 0.29) is 13.7 Å². The molecule has 4 aliphatic heterocycles. The maximum absolute atomic E-state index is 2.65. The zero-order chi connectivity index (χ0) is 33.9. The van der Waals surface area contributed by atoms with Crippen LogP contribution in [0.2, 0.25) is 0 Å². The Morgan fingerprint density at radius 3 is 1.19 bits per heavy atom. The van der Waals surface area contributed by atoms with Crippen LogP contribution in [0.3, 0.4) is 0 Å². The molecule has 0 unspecified atom stereocenters. The molecule has 0 bridgehead atoms. The molecule has 8 aromatic rings. The van der Waals surface area contributed by atoms with Crippen LogP contribution < -0.4 is 31.5 Å². The maximum Gasteiger partial charge on any atom is 0.329 e. The van der Waals surface area contributed by atoms with Crippen LogP contribution in [0.5, 0.6) is 0 Å². The first-order valence-corrected chi connectivity index (χ1v) is 18.3. The number of benzene rings is 8. The predicted octanol–water partition coefficient (Wildman–Crippen LogP) is 9.16. The second kappa shape index (κ2) is 10.5. The molecule has 238 valence electrons. The third kappa shape index (κ3) is 3.61. The summed E-state index contributed by atoms with van der Waals surface area (Å²) in [6.07, 6.45) is 0. The van der Waals surface area contributed by atoms with Crippen molar-refractivity contribution in [1.82, 2.24) is 0 Å². The number of hydrogen-bond donors (Lipinski definition) is 0. The average molecular weight is 656 g/mol. The molecule has 0 fully saturated rings. The predicted molar refractivity (Wildman–Crippen MR) is 221 cm³/mol. The second-order valence-electron chi connectivity index (χ2n) is 14.3. The Hall–Kier alpha value is -6.51. The Balaban J connectivity index is 1.17. The molecular weight excluding hydrogens is 626 g/mol. The number of anilines is 4. The minimum Gasteiger partial charge on any atom is -0.376 e. The molecule has 0 saturated carbocycles. The van der Waals surface area contributed by atoms with Gasteiger partial charge in [-0.15, -0.1) is 0 Å². The molecule has 0 N–H and O–H groups in total. The van der Waals surface area contributed by atoms with Gasteiger partial charge in [0.05, 0.1) is 0 Å². The molecule has 0 spiro atoms. The molecule has 0 aromatic heterocycles. The van der Waals surface area contributed by atoms with Gasteiger partial charge in [0, 0.05) is 50.6 Å². The third-order valence-electron chi connectivity index (χ3n) is 11.9. The molecule has 12 rings (SSSR count). The van der Waals surface area contributed by atoms with Crippen molar-refractivity contribution < 1.29 is 0 Å². The third-order valence-corrected chi connectivity index (χ3v) is 11.9. The maximum atomic E-state index is 2.65. The van der Waals surface area contributed by atoms with Crippen LogP contribution in [0.25, 0.3) is 55.6 Å². The Morgan fingerprint density at radius 1 is 0.250 bits per heavy atom. The Morgan fingerprint density at radius 2 is 0.596 bits per heavy atom. The van der Waals surface area contributed by atoms with Crippen molar-refractivity contribution in [2.75, 3.05) is 9.62 Å². The van der Waals surface area contributed by atoms with Gasteiger partial charge in [-0.1, -0.05) is 164 Å². The van der Waals surface area contributed by atoms with E-state index in [9.17, 15) is 0 Å². The zero-order valence-corrected chi connectivity index (χ0v) is 28.4. The average Bonchev–Trinajstić information content (AvgIpc) is 3.23. The van der Waals surface area contributed by atoms with E-state index in [1.54, 1.807) is 0 Å². The Labute approximate surface area is 304 Å². The van der Waals surface area contributed by atoms with Gasteiger partial charge in [-0.05, 0) is 67.9 Å². The normalized spacial score (nSPS) is 13.6. The van der Waals surface area contributed by atoms with Crippen molar-refractivity contribution in [1.29, 1.82) is 0 Å². The fourth-order valence-electron chi connectivity index (χ4n) is 9.90. The molecule has 4 heteroatoms. The second-order valence-corrected chi connectivity index (χ2v) is 14.3. The van der Waals surface area contributed by atoms with E-state index >= 15 is 0 Å². The van der Waals surface area contributed by atoms with Gasteiger partial charge in [0.15, 0.2) is 0 Å². The summed E-state index contributed by atoms with van der Waals surface area (Å²) in [7, 11) is 0. The fourth-order valence-corrected chi connectivity index (χ4v) is 9.90. The molecule has 2 nitrogen and oxygen atoms in total. The standard InChI is InChI=1S/C48H30B2N2/c1-7-24-40-31(15-1)34-18-5-11-28-44(34)51-46-30-14-21-36(47(46)39-20-4-10-27-43(39)49(40)51)38-23-13-22-37-33-17-3-9-26-42(33)50-41-25-8-2-16-32(41)35-19-6-12-29-45(35)52(50)48(37)38/h1-30H. The molecule has 8 aromatic carbocycles. The van der Waals surface area contributed by atoms with E-state index in [4.69, 9.17) is 0 Å². The first kappa shape index (κ1) is 28.2. The van der Waals surface area contributed by atoms with Gasteiger partial charge >= 0.3 is 13.7 Å². The molecule has 52 heavy (non-hydrogen) atoms. The van der Waals surface area contributed by atoms with Crippen molar-refractivity contribution in [3.63, 3.8) is 0 Å². The number of nitrogens with zero attached hydrogens (tertiary/aromatic N) is 2. The molecule has 0 atom stereocenters. The molecule has 0 radical (unpaired) electrons. The summed E-state index contributed by atoms with van der Waals surface area (Å²) < 4.78 is 0. The van der Waals surface area contributed by atoms with Crippen LogP contribution in [0.1, 0.15) is 0 Å². The molecule has 0 saturated heterocycles. The lowest BCUT2D eigenvalue weighted by Gasteiger charge is -2.45. The molecule has 0 amide bonds. The van der Waals surface area contributed by atoms with Crippen molar-refractivity contribution >= 4 is 58.3 Å². The van der Waals surface area contributed by atoms with Crippen LogP contribution in [0, 0.1) is 0 Å². The summed E-state index contributed by atoms with van der Waals surface area (Å²) >= 11 is 0. The Bertz CT molecular complexity index is 2800. The molecular formula is C48H30B2N2. The lowest BCUT2D eigenvalue weighted by Crippen LogP contribution is -2.60. The van der Waals surface area contributed by atoms with E-state index in [0.29, 0.717) is 0 Å². The number of hydrogen-bond acceptors (Lipinski definition) is 2. The van der Waals surface area contributed by atoms with Crippen molar-refractivity contribution in [2.24, 2.45) is 0 Å². The summed E-state index contributed by atoms with van der Waals surface area (Å²) in [4.78, 5) is 5.26. The summed E-state index contributed by atoms with van der Waals surface area (Å²) in [5.41, 5.74) is 23.3. The van der Waals surface area contributed by atoms with Gasteiger partial charge in [-0.2, -0.15) is 0 Å². The minimum absolute atomic E-state index is 0.0534. The smallest absolute Gasteiger partial charge is 0.329 e. The van der Waals surface area contributed by atoms with Crippen LogP contribution in [0.4, 0.5) is 22.7 Å². The van der Waals surface area contributed by atoms with E-state index in [2.05, 4.69) is 192 Å². The highest BCUT2D eigenvalue weighted by atomic mass is 15.1. The highest BCUT2D eigenvalue weighted by Gasteiger charge is 2.45. The summed E-state index contributed by atoms with van der Waals surface area (Å²) in [6.45, 7) is 0.133. The molecule has 4 heterocycles. The number of para-hydroxylation sites is 3. The lowest BCUT2D eigenvalue weighted by atomic mass is 9.42. The van der Waals surface area contributed by atoms with Crippen LogP contribution in [-0.4, -0.2) is 13.7 Å². The van der Waals surface area contributed by atoms with Crippen molar-refractivity contribution in [2.45, 2.75) is 0 Å². The van der Waals surface area contributed by atoms with Crippen molar-refractivity contribution in [3.8, 4) is 55.6 Å². The monoisotopic (exact) mass is 656 g/mol. The largest absolute Gasteiger partial charge is 0.376 e. The van der Waals surface area contributed by atoms with Crippen LogP contribution in [0.15, 0.2) is 182 Å². The van der Waals surface area contributed by atoms with E-state index in [1.807, 2.05) is 0 Å². The summed E-state index contributed by atoms with van der Waals surface area (Å²) in [5, 5.41) is 0. The van der Waals surface area contributed by atoms with E-state index in [1.165, 1.54) is 100 Å². The van der Waals surface area contributed by atoms with E-state index < -0.39 is 0 Å². The summed E-state index contributed by atoms with van der Waals surface area (Å²) in [6, 6.07) is 68.0. The number of fused-ring (bicyclic) bond motifs is 22. The quantitative estimate of drug-likeness (QED) is 0.163. The first-order chi connectivity index (χ1) is 25.9. The van der Waals surface area contributed by atoms with Gasteiger partial charge < -0.3 is 9.62 Å². The summed E-state index contributed by atoms with van der Waals surface area (Å²) in [5.74, 6) is 0. The topological polar surface area (TPSA) is 6.48 Å². The van der Waals surface area contributed by atoms with Gasteiger partial charge in [-0.3, -0.25) is 0 Å². The minimum atomic E-state index is 0.0534. The highest BCUT2D eigenvalue weighted by molar-refractivity contribution is 6.93. The lowest BCUT2D eigenvalue weighted by molar-refractivity contribution is 1.33. The van der Waals surface area contributed by atoms with Gasteiger partial charge in [0.2, 0.25) is 0 Å². The van der Waals surface area contributed by atoms with Crippen LogP contribution in [-0.2, 0) is 0 Å². The van der Waals surface area contributed by atoms with Gasteiger partial charge in [0.1, 0.15) is 0 Å². The Kier molecular flexibility index (Phi) is 5.70. The SMILES string of the molecule is c1ccc2c(c1)B1c3ccccc3-c3c(-c4cccc5c4N4B(c6ccccc6-c6ccccc64)c4ccccc4-5)cccc3N1c1ccccc1-2. The highest BCUT2D eigenvalue weighted by Crippen LogP contribution is 2.54. The van der Waals surface area contributed by atoms with E-state index in [0.717, 1.165) is 0 Å². The fraction of sp³-hybridized carbons (Fsp3) is 0. The number of rotatable bonds is 1. The molecule has 0 aliphatic carbocycles. The van der Waals surface area contributed by atoms with Gasteiger partial charge in [0.25, 0.3) is 0 Å². The van der Waals surface area contributed by atoms with Crippen molar-refractivity contribution in [3.05, 3.63) is 182 Å².